The summed E-state index contributed by atoms with van der Waals surface area (Å²) >= 11 is 6.08. The van der Waals surface area contributed by atoms with E-state index < -0.39 is 23.5 Å². The van der Waals surface area contributed by atoms with E-state index in [4.69, 9.17) is 11.6 Å². The molecule has 2 saturated carbocycles. The number of benzene rings is 1. The van der Waals surface area contributed by atoms with Gasteiger partial charge in [-0.1, -0.05) is 23.7 Å². The van der Waals surface area contributed by atoms with Crippen LogP contribution in [-0.4, -0.2) is 44.4 Å². The zero-order valence-electron chi connectivity index (χ0n) is 18.1. The molecule has 1 aromatic carbocycles. The summed E-state index contributed by atoms with van der Waals surface area (Å²) in [5.74, 6) is -0.432. The number of alkyl halides is 3. The number of likely N-dealkylation sites (tertiary alicyclic amines) is 1. The fourth-order valence-electron chi connectivity index (χ4n) is 5.74. The van der Waals surface area contributed by atoms with Crippen LogP contribution in [0.4, 0.5) is 23.4 Å². The van der Waals surface area contributed by atoms with Crippen LogP contribution < -0.4 is 5.32 Å². The number of halogens is 5. The van der Waals surface area contributed by atoms with Crippen molar-refractivity contribution in [3.8, 4) is 11.4 Å². The van der Waals surface area contributed by atoms with Crippen molar-refractivity contribution >= 4 is 23.3 Å². The number of nitrogens with one attached hydrogen (secondary N) is 1. The van der Waals surface area contributed by atoms with Crippen molar-refractivity contribution < 1.29 is 22.4 Å². The molecule has 0 radical (unpaired) electrons. The van der Waals surface area contributed by atoms with E-state index in [1.807, 2.05) is 0 Å². The molecule has 35 heavy (non-hydrogen) atoms. The van der Waals surface area contributed by atoms with Gasteiger partial charge < -0.3 is 10.2 Å². The summed E-state index contributed by atoms with van der Waals surface area (Å²) in [6.45, 7) is 0.485. The molecule has 6 rings (SSSR count). The number of carbonyl (C=O) groups excluding carboxylic acids is 1. The van der Waals surface area contributed by atoms with Gasteiger partial charge in [-0.25, -0.2) is 19.3 Å². The van der Waals surface area contributed by atoms with Gasteiger partial charge in [0.1, 0.15) is 11.6 Å². The summed E-state index contributed by atoms with van der Waals surface area (Å²) in [6.07, 6.45) is 0.913. The second-order valence-electron chi connectivity index (χ2n) is 9.28. The number of hydrogen-bond donors (Lipinski definition) is 1. The van der Waals surface area contributed by atoms with E-state index >= 15 is 0 Å². The van der Waals surface area contributed by atoms with Crippen LogP contribution in [0.3, 0.4) is 0 Å². The Morgan fingerprint density at radius 2 is 1.91 bits per heavy atom. The van der Waals surface area contributed by atoms with Crippen LogP contribution in [0.15, 0.2) is 48.9 Å². The van der Waals surface area contributed by atoms with E-state index in [1.54, 1.807) is 17.0 Å². The molecule has 1 aliphatic heterocycles. The van der Waals surface area contributed by atoms with Gasteiger partial charge in [0, 0.05) is 36.7 Å². The number of carbonyl (C=O) groups is 1. The van der Waals surface area contributed by atoms with Gasteiger partial charge in [-0.3, -0.25) is 4.79 Å². The quantitative estimate of drug-likeness (QED) is 0.504. The van der Waals surface area contributed by atoms with Crippen molar-refractivity contribution in [1.29, 1.82) is 0 Å². The maximum Gasteiger partial charge on any atom is 0.417 e. The van der Waals surface area contributed by atoms with E-state index in [0.29, 0.717) is 18.0 Å². The van der Waals surface area contributed by atoms with E-state index in [2.05, 4.69) is 20.3 Å². The molecule has 180 valence electrons. The lowest BCUT2D eigenvalue weighted by Crippen LogP contribution is -2.60. The van der Waals surface area contributed by atoms with Gasteiger partial charge in [-0.15, -0.1) is 0 Å². The largest absolute Gasteiger partial charge is 0.417 e. The molecular formula is C24H18ClF4N5O. The fraction of sp³-hybridized carbons (Fsp3) is 0.333. The van der Waals surface area contributed by atoms with Crippen molar-refractivity contribution in [1.82, 2.24) is 19.9 Å². The van der Waals surface area contributed by atoms with Crippen molar-refractivity contribution in [3.63, 3.8) is 0 Å². The second-order valence-corrected chi connectivity index (χ2v) is 9.69. The highest BCUT2D eigenvalue weighted by Crippen LogP contribution is 2.71. The average molecular weight is 504 g/mol. The number of amides is 1. The van der Waals surface area contributed by atoms with Crippen LogP contribution in [-0.2, 0) is 6.18 Å². The highest BCUT2D eigenvalue weighted by atomic mass is 35.5. The minimum Gasteiger partial charge on any atom is -0.364 e. The summed E-state index contributed by atoms with van der Waals surface area (Å²) < 4.78 is 53.9. The highest BCUT2D eigenvalue weighted by Gasteiger charge is 2.75. The van der Waals surface area contributed by atoms with Crippen molar-refractivity contribution in [3.05, 3.63) is 70.9 Å². The summed E-state index contributed by atoms with van der Waals surface area (Å²) in [5, 5.41) is 2.97. The Bertz CT molecular complexity index is 1340. The van der Waals surface area contributed by atoms with Crippen molar-refractivity contribution in [2.75, 3.05) is 11.9 Å². The predicted molar refractivity (Wildman–Crippen MR) is 119 cm³/mol. The summed E-state index contributed by atoms with van der Waals surface area (Å²) in [5.41, 5.74) is -0.776. The third kappa shape index (κ3) is 3.45. The SMILES string of the molecule is O=C(c1c(F)cccc1-c1ncccn1)N1CC2CC23CC(Nc2ncc(C(F)(F)F)cc2Cl)C13. The van der Waals surface area contributed by atoms with Gasteiger partial charge in [0.2, 0.25) is 0 Å². The molecule has 1 amide bonds. The van der Waals surface area contributed by atoms with Crippen LogP contribution in [0.5, 0.6) is 0 Å². The third-order valence-corrected chi connectivity index (χ3v) is 7.68. The molecule has 4 atom stereocenters. The maximum absolute atomic E-state index is 15.0. The van der Waals surface area contributed by atoms with E-state index in [0.717, 1.165) is 25.1 Å². The molecule has 3 aromatic rings. The number of rotatable bonds is 4. The maximum atomic E-state index is 15.0. The molecule has 2 aromatic heterocycles. The van der Waals surface area contributed by atoms with Gasteiger partial charge in [-0.05, 0) is 42.4 Å². The molecule has 6 nitrogen and oxygen atoms in total. The first kappa shape index (κ1) is 22.2. The molecule has 3 heterocycles. The van der Waals surface area contributed by atoms with Crippen molar-refractivity contribution in [2.24, 2.45) is 11.3 Å². The van der Waals surface area contributed by atoms with Gasteiger partial charge in [0.25, 0.3) is 5.91 Å². The van der Waals surface area contributed by atoms with Crippen LogP contribution >= 0.6 is 11.6 Å². The number of anilines is 1. The van der Waals surface area contributed by atoms with Gasteiger partial charge in [0.15, 0.2) is 5.82 Å². The number of aromatic nitrogens is 3. The number of nitrogens with zero attached hydrogens (tertiary/aromatic N) is 4. The molecule has 1 saturated heterocycles. The van der Waals surface area contributed by atoms with Gasteiger partial charge >= 0.3 is 6.18 Å². The van der Waals surface area contributed by atoms with Crippen LogP contribution in [0.2, 0.25) is 5.02 Å². The molecule has 3 fully saturated rings. The first-order chi connectivity index (χ1) is 16.7. The number of pyridine rings is 1. The summed E-state index contributed by atoms with van der Waals surface area (Å²) in [4.78, 5) is 27.5. The molecular weight excluding hydrogens is 486 g/mol. The summed E-state index contributed by atoms with van der Waals surface area (Å²) in [6, 6.07) is 6.30. The second kappa shape index (κ2) is 7.61. The topological polar surface area (TPSA) is 71.0 Å². The van der Waals surface area contributed by atoms with E-state index in [9.17, 15) is 22.4 Å². The standard InChI is InChI=1S/C24H18ClF4N5O/c25-15-7-12(24(27,28)29)10-32-21(15)33-17-9-23-8-13(23)11-34(19(17)23)22(35)18-14(3-1-4-16(18)26)20-30-5-2-6-31-20/h1-7,10,13,17,19H,8-9,11H2,(H,32,33). The van der Waals surface area contributed by atoms with Crippen LogP contribution in [0, 0.1) is 17.2 Å². The Labute approximate surface area is 202 Å². The molecule has 3 aliphatic rings. The Hall–Kier alpha value is -3.27. The van der Waals surface area contributed by atoms with E-state index in [1.165, 1.54) is 24.5 Å². The molecule has 11 heteroatoms. The Balaban J connectivity index is 1.29. The Kier molecular flexibility index (Phi) is 4.83. The molecule has 2 aliphatic carbocycles. The molecule has 4 unspecified atom stereocenters. The lowest BCUT2D eigenvalue weighted by molar-refractivity contribution is -0.137. The predicted octanol–water partition coefficient (Wildman–Crippen LogP) is 5.07. The smallest absolute Gasteiger partial charge is 0.364 e. The molecule has 0 bridgehead atoms. The summed E-state index contributed by atoms with van der Waals surface area (Å²) in [7, 11) is 0. The average Bonchev–Trinajstić information content (AvgIpc) is 3.48. The number of hydrogen-bond acceptors (Lipinski definition) is 5. The number of piperidine rings is 1. The van der Waals surface area contributed by atoms with Gasteiger partial charge in [0.05, 0.1) is 22.2 Å². The zero-order valence-corrected chi connectivity index (χ0v) is 18.8. The Morgan fingerprint density at radius 3 is 2.63 bits per heavy atom. The lowest BCUT2D eigenvalue weighted by atomic mass is 9.71. The first-order valence-electron chi connectivity index (χ1n) is 11.1. The Morgan fingerprint density at radius 1 is 1.14 bits per heavy atom. The fourth-order valence-corrected chi connectivity index (χ4v) is 5.96. The lowest BCUT2D eigenvalue weighted by Gasteiger charge is -2.48. The third-order valence-electron chi connectivity index (χ3n) is 7.39. The van der Waals surface area contributed by atoms with E-state index in [-0.39, 0.29) is 39.7 Å². The van der Waals surface area contributed by atoms with Crippen LogP contribution in [0.25, 0.3) is 11.4 Å². The zero-order chi connectivity index (χ0) is 24.5. The molecule has 1 spiro atoms. The highest BCUT2D eigenvalue weighted by molar-refractivity contribution is 6.33. The minimum atomic E-state index is -4.55. The molecule has 1 N–H and O–H groups in total. The van der Waals surface area contributed by atoms with Crippen LogP contribution in [0.1, 0.15) is 28.8 Å². The monoisotopic (exact) mass is 503 g/mol. The van der Waals surface area contributed by atoms with Crippen molar-refractivity contribution in [2.45, 2.75) is 31.1 Å². The normalized spacial score (nSPS) is 26.5. The first-order valence-corrected chi connectivity index (χ1v) is 11.4. The minimum absolute atomic E-state index is 0.0552. The van der Waals surface area contributed by atoms with Gasteiger partial charge in [-0.2, -0.15) is 13.2 Å².